The van der Waals surface area contributed by atoms with Crippen molar-refractivity contribution in [3.05, 3.63) is 42.5 Å². The second-order valence-corrected chi connectivity index (χ2v) is 9.24. The second-order valence-electron chi connectivity index (χ2n) is 7.78. The fourth-order valence-corrected chi connectivity index (χ4v) is 5.10. The monoisotopic (exact) mass is 362 g/mol. The van der Waals surface area contributed by atoms with Crippen LogP contribution in [0.4, 0.5) is 0 Å². The molecule has 1 aromatic rings. The summed E-state index contributed by atoms with van der Waals surface area (Å²) in [6.07, 6.45) is 3.88. The highest BCUT2D eigenvalue weighted by atomic mass is 32.2. The van der Waals surface area contributed by atoms with Gasteiger partial charge in [-0.2, -0.15) is 0 Å². The van der Waals surface area contributed by atoms with Gasteiger partial charge in [0.2, 0.25) is 0 Å². The van der Waals surface area contributed by atoms with Crippen molar-refractivity contribution in [2.45, 2.75) is 36.6 Å². The Bertz CT molecular complexity index is 731. The zero-order valence-corrected chi connectivity index (χ0v) is 15.2. The lowest BCUT2D eigenvalue weighted by molar-refractivity contribution is -0.297. The SMILES string of the molecule is CC1(C)COC2(C=C[C@]3(CS(=O)c4ccccc4)OC(=O)C[C@H]23)OC1. The number of esters is 1. The van der Waals surface area contributed by atoms with E-state index in [1.807, 2.05) is 42.5 Å². The van der Waals surface area contributed by atoms with Gasteiger partial charge in [-0.05, 0) is 24.3 Å². The van der Waals surface area contributed by atoms with Gasteiger partial charge in [-0.15, -0.1) is 0 Å². The molecule has 5 nitrogen and oxygen atoms in total. The molecule has 2 heterocycles. The van der Waals surface area contributed by atoms with Gasteiger partial charge in [-0.3, -0.25) is 9.00 Å². The normalized spacial score (nSPS) is 33.2. The lowest BCUT2D eigenvalue weighted by atomic mass is 9.86. The average Bonchev–Trinajstić information content (AvgIpc) is 3.05. The Balaban J connectivity index is 1.60. The summed E-state index contributed by atoms with van der Waals surface area (Å²) in [5.74, 6) is -1.35. The van der Waals surface area contributed by atoms with Crippen molar-refractivity contribution < 1.29 is 23.2 Å². The van der Waals surface area contributed by atoms with E-state index in [9.17, 15) is 9.00 Å². The van der Waals surface area contributed by atoms with E-state index in [-0.39, 0.29) is 29.5 Å². The number of carbonyl (C=O) groups is 1. The third-order valence-electron chi connectivity index (χ3n) is 5.09. The van der Waals surface area contributed by atoms with E-state index in [1.165, 1.54) is 0 Å². The van der Waals surface area contributed by atoms with Gasteiger partial charge in [0.15, 0.2) is 11.4 Å². The Morgan fingerprint density at radius 2 is 1.80 bits per heavy atom. The third kappa shape index (κ3) is 2.86. The largest absolute Gasteiger partial charge is 0.453 e. The molecule has 134 valence electrons. The van der Waals surface area contributed by atoms with Crippen molar-refractivity contribution in [1.29, 1.82) is 0 Å². The number of hydrogen-bond donors (Lipinski definition) is 0. The molecule has 3 atom stereocenters. The van der Waals surface area contributed by atoms with Crippen molar-refractivity contribution in [1.82, 2.24) is 0 Å². The molecule has 0 saturated carbocycles. The minimum absolute atomic E-state index is 0.0688. The van der Waals surface area contributed by atoms with E-state index in [0.717, 1.165) is 4.90 Å². The zero-order chi connectivity index (χ0) is 17.7. The molecule has 6 heteroatoms. The molecule has 0 bridgehead atoms. The van der Waals surface area contributed by atoms with Crippen LogP contribution in [-0.2, 0) is 29.8 Å². The van der Waals surface area contributed by atoms with Crippen LogP contribution in [0, 0.1) is 11.3 Å². The minimum atomic E-state index is -1.28. The van der Waals surface area contributed by atoms with Crippen molar-refractivity contribution >= 4 is 16.8 Å². The summed E-state index contributed by atoms with van der Waals surface area (Å²) in [5.41, 5.74) is -1.00. The molecular formula is C19H22O5S. The lowest BCUT2D eigenvalue weighted by Crippen LogP contribution is -2.53. The van der Waals surface area contributed by atoms with Crippen LogP contribution in [0.2, 0.25) is 0 Å². The lowest BCUT2D eigenvalue weighted by Gasteiger charge is -2.44. The molecule has 0 amide bonds. The Morgan fingerprint density at radius 1 is 1.12 bits per heavy atom. The quantitative estimate of drug-likeness (QED) is 0.610. The van der Waals surface area contributed by atoms with Crippen molar-refractivity contribution in [3.63, 3.8) is 0 Å². The van der Waals surface area contributed by atoms with Crippen molar-refractivity contribution in [2.24, 2.45) is 11.3 Å². The molecule has 2 aliphatic heterocycles. The zero-order valence-electron chi connectivity index (χ0n) is 14.4. The molecule has 1 aromatic carbocycles. The average molecular weight is 362 g/mol. The molecule has 2 saturated heterocycles. The topological polar surface area (TPSA) is 61.8 Å². The number of carbonyl (C=O) groups excluding carboxylic acids is 1. The van der Waals surface area contributed by atoms with Crippen LogP contribution in [0.1, 0.15) is 20.3 Å². The molecule has 0 radical (unpaired) electrons. The Labute approximate surface area is 149 Å². The van der Waals surface area contributed by atoms with Crippen molar-refractivity contribution in [3.8, 4) is 0 Å². The first kappa shape index (κ1) is 16.9. The van der Waals surface area contributed by atoms with Gasteiger partial charge >= 0.3 is 5.97 Å². The van der Waals surface area contributed by atoms with E-state index in [0.29, 0.717) is 13.2 Å². The Kier molecular flexibility index (Phi) is 3.90. The van der Waals surface area contributed by atoms with Gasteiger partial charge in [-0.1, -0.05) is 32.0 Å². The summed E-state index contributed by atoms with van der Waals surface area (Å²) in [6.45, 7) is 5.23. The predicted molar refractivity (Wildman–Crippen MR) is 92.2 cm³/mol. The van der Waals surface area contributed by atoms with E-state index in [2.05, 4.69) is 13.8 Å². The number of rotatable bonds is 3. The molecule has 3 aliphatic rings. The second kappa shape index (κ2) is 5.76. The molecule has 25 heavy (non-hydrogen) atoms. The smallest absolute Gasteiger partial charge is 0.307 e. The first-order valence-electron chi connectivity index (χ1n) is 8.48. The molecule has 0 N–H and O–H groups in total. The molecule has 4 rings (SSSR count). The summed E-state index contributed by atoms with van der Waals surface area (Å²) in [7, 11) is -1.28. The van der Waals surface area contributed by atoms with Crippen LogP contribution in [0.3, 0.4) is 0 Å². The van der Waals surface area contributed by atoms with E-state index < -0.39 is 22.2 Å². The summed E-state index contributed by atoms with van der Waals surface area (Å²) in [5, 5.41) is 0. The summed E-state index contributed by atoms with van der Waals surface area (Å²) < 4.78 is 30.6. The van der Waals surface area contributed by atoms with Crippen LogP contribution in [-0.4, -0.2) is 40.5 Å². The van der Waals surface area contributed by atoms with Crippen LogP contribution < -0.4 is 0 Å². The van der Waals surface area contributed by atoms with E-state index >= 15 is 0 Å². The van der Waals surface area contributed by atoms with Gasteiger partial charge in [0.25, 0.3) is 0 Å². The Hall–Kier alpha value is -1.50. The van der Waals surface area contributed by atoms with Crippen LogP contribution in [0.25, 0.3) is 0 Å². The summed E-state index contributed by atoms with van der Waals surface area (Å²) in [6, 6.07) is 9.23. The maximum Gasteiger partial charge on any atom is 0.307 e. The van der Waals surface area contributed by atoms with Gasteiger partial charge in [0.1, 0.15) is 0 Å². The number of fused-ring (bicyclic) bond motifs is 2. The highest BCUT2D eigenvalue weighted by Gasteiger charge is 2.64. The van der Waals surface area contributed by atoms with Gasteiger partial charge in [-0.25, -0.2) is 0 Å². The number of hydrogen-bond acceptors (Lipinski definition) is 5. The van der Waals surface area contributed by atoms with E-state index in [1.54, 1.807) is 0 Å². The van der Waals surface area contributed by atoms with Crippen LogP contribution >= 0.6 is 0 Å². The van der Waals surface area contributed by atoms with Crippen LogP contribution in [0.5, 0.6) is 0 Å². The van der Waals surface area contributed by atoms with Crippen LogP contribution in [0.15, 0.2) is 47.4 Å². The molecule has 0 aromatic heterocycles. The standard InChI is InChI=1S/C19H22O5S/c1-17(2)11-22-19(23-12-17)9-8-18(15(19)10-16(20)24-18)13-25(21)14-6-4-3-5-7-14/h3-9,15H,10-13H2,1-2H3/t15-,18+,25?/m0/s1. The molecule has 1 spiro atoms. The van der Waals surface area contributed by atoms with Gasteiger partial charge < -0.3 is 14.2 Å². The molecular weight excluding hydrogens is 340 g/mol. The van der Waals surface area contributed by atoms with E-state index in [4.69, 9.17) is 14.2 Å². The maximum atomic E-state index is 12.8. The highest BCUT2D eigenvalue weighted by Crippen LogP contribution is 2.52. The first-order chi connectivity index (χ1) is 11.8. The van der Waals surface area contributed by atoms with Gasteiger partial charge in [0.05, 0.1) is 42.1 Å². The summed E-state index contributed by atoms with van der Waals surface area (Å²) in [4.78, 5) is 12.8. The fraction of sp³-hybridized carbons (Fsp3) is 0.526. The third-order valence-corrected chi connectivity index (χ3v) is 6.60. The number of ether oxygens (including phenoxy) is 3. The van der Waals surface area contributed by atoms with Crippen molar-refractivity contribution in [2.75, 3.05) is 19.0 Å². The fourth-order valence-electron chi connectivity index (χ4n) is 3.71. The molecule has 1 aliphatic carbocycles. The van der Waals surface area contributed by atoms with Gasteiger partial charge in [0, 0.05) is 10.3 Å². The maximum absolute atomic E-state index is 12.8. The number of benzene rings is 1. The predicted octanol–water partition coefficient (Wildman–Crippen LogP) is 2.44. The Morgan fingerprint density at radius 3 is 2.48 bits per heavy atom. The highest BCUT2D eigenvalue weighted by molar-refractivity contribution is 7.85. The molecule has 1 unspecified atom stereocenters. The summed E-state index contributed by atoms with van der Waals surface area (Å²) >= 11 is 0. The molecule has 2 fully saturated rings. The minimum Gasteiger partial charge on any atom is -0.453 e. The first-order valence-corrected chi connectivity index (χ1v) is 9.80.